The third kappa shape index (κ3) is 3.87. The molecule has 3 unspecified atom stereocenters. The Morgan fingerprint density at radius 1 is 1.32 bits per heavy atom. The first-order valence-electron chi connectivity index (χ1n) is 8.64. The van der Waals surface area contributed by atoms with Gasteiger partial charge in [-0.2, -0.15) is 4.31 Å². The van der Waals surface area contributed by atoms with Crippen molar-refractivity contribution in [1.29, 1.82) is 0 Å². The molecule has 0 saturated carbocycles. The molecule has 0 spiro atoms. The highest BCUT2D eigenvalue weighted by molar-refractivity contribution is 7.89. The fourth-order valence-corrected chi connectivity index (χ4v) is 5.07. The minimum Gasteiger partial charge on any atom is -0.391 e. The summed E-state index contributed by atoms with van der Waals surface area (Å²) < 4.78 is 27.0. The molecule has 3 rings (SSSR count). The van der Waals surface area contributed by atoms with Gasteiger partial charge in [-0.05, 0) is 31.9 Å². The van der Waals surface area contributed by atoms with Crippen molar-refractivity contribution < 1.29 is 18.3 Å². The van der Waals surface area contributed by atoms with Crippen molar-refractivity contribution in [3.05, 3.63) is 29.8 Å². The highest BCUT2D eigenvalue weighted by atomic mass is 32.2. The van der Waals surface area contributed by atoms with E-state index in [4.69, 9.17) is 0 Å². The summed E-state index contributed by atoms with van der Waals surface area (Å²) in [4.78, 5) is 12.7. The van der Waals surface area contributed by atoms with Crippen LogP contribution in [-0.2, 0) is 14.8 Å². The van der Waals surface area contributed by atoms with Gasteiger partial charge in [-0.3, -0.25) is 4.79 Å². The normalized spacial score (nSPS) is 27.5. The van der Waals surface area contributed by atoms with Gasteiger partial charge in [-0.15, -0.1) is 0 Å². The SMILES string of the molecule is Cc1ccc(S(=O)(=O)N2CCCC2C(=O)NCC2CNCC2O)cc1. The van der Waals surface area contributed by atoms with E-state index in [9.17, 15) is 18.3 Å². The molecule has 0 aliphatic carbocycles. The summed E-state index contributed by atoms with van der Waals surface area (Å²) >= 11 is 0. The molecule has 0 radical (unpaired) electrons. The third-order valence-electron chi connectivity index (χ3n) is 4.98. The Balaban J connectivity index is 1.69. The van der Waals surface area contributed by atoms with E-state index in [0.717, 1.165) is 5.56 Å². The minimum absolute atomic E-state index is 0.0347. The van der Waals surface area contributed by atoms with Crippen LogP contribution in [-0.4, -0.2) is 62.1 Å². The number of nitrogens with one attached hydrogen (secondary N) is 2. The number of carbonyl (C=O) groups excluding carboxylic acids is 1. The number of amides is 1. The number of aliphatic hydroxyl groups is 1. The average Bonchev–Trinajstić information content (AvgIpc) is 3.22. The van der Waals surface area contributed by atoms with Crippen LogP contribution in [0.5, 0.6) is 0 Å². The van der Waals surface area contributed by atoms with E-state index < -0.39 is 22.2 Å². The first-order chi connectivity index (χ1) is 11.9. The number of carbonyl (C=O) groups is 1. The molecule has 2 fully saturated rings. The van der Waals surface area contributed by atoms with E-state index in [-0.39, 0.29) is 16.7 Å². The Bertz CT molecular complexity index is 720. The molecule has 2 heterocycles. The van der Waals surface area contributed by atoms with Gasteiger partial charge in [0, 0.05) is 32.1 Å². The second-order valence-electron chi connectivity index (χ2n) is 6.82. The van der Waals surface area contributed by atoms with Gasteiger partial charge >= 0.3 is 0 Å². The van der Waals surface area contributed by atoms with E-state index in [1.165, 1.54) is 4.31 Å². The maximum absolute atomic E-state index is 12.9. The largest absolute Gasteiger partial charge is 0.391 e. The molecule has 0 bridgehead atoms. The van der Waals surface area contributed by atoms with Crippen LogP contribution in [0, 0.1) is 12.8 Å². The van der Waals surface area contributed by atoms with Gasteiger partial charge in [-0.1, -0.05) is 17.7 Å². The predicted octanol–water partition coefficient (Wildman–Crippen LogP) is -0.155. The molecule has 25 heavy (non-hydrogen) atoms. The molecule has 2 saturated heterocycles. The van der Waals surface area contributed by atoms with Crippen LogP contribution in [0.1, 0.15) is 18.4 Å². The summed E-state index contributed by atoms with van der Waals surface area (Å²) in [6.07, 6.45) is 0.704. The van der Waals surface area contributed by atoms with Crippen LogP contribution in [0.2, 0.25) is 0 Å². The number of hydrogen-bond donors (Lipinski definition) is 3. The molecule has 3 atom stereocenters. The Morgan fingerprint density at radius 3 is 2.68 bits per heavy atom. The van der Waals surface area contributed by atoms with Crippen LogP contribution in [0.25, 0.3) is 0 Å². The van der Waals surface area contributed by atoms with Gasteiger partial charge in [0.2, 0.25) is 15.9 Å². The van der Waals surface area contributed by atoms with E-state index in [1.807, 2.05) is 6.92 Å². The summed E-state index contributed by atoms with van der Waals surface area (Å²) in [6, 6.07) is 5.99. The van der Waals surface area contributed by atoms with Gasteiger partial charge in [-0.25, -0.2) is 8.42 Å². The molecule has 1 amide bonds. The number of rotatable bonds is 5. The first-order valence-corrected chi connectivity index (χ1v) is 10.1. The highest BCUT2D eigenvalue weighted by Gasteiger charge is 2.39. The average molecular weight is 367 g/mol. The van der Waals surface area contributed by atoms with Crippen LogP contribution in [0.3, 0.4) is 0 Å². The number of nitrogens with zero attached hydrogens (tertiary/aromatic N) is 1. The lowest BCUT2D eigenvalue weighted by Crippen LogP contribution is -2.47. The number of aryl methyl sites for hydroxylation is 1. The molecule has 1 aromatic rings. The quantitative estimate of drug-likeness (QED) is 0.672. The molecule has 2 aliphatic heterocycles. The molecular formula is C17H25N3O4S. The van der Waals surface area contributed by atoms with Crippen molar-refractivity contribution in [3.8, 4) is 0 Å². The lowest BCUT2D eigenvalue weighted by Gasteiger charge is -2.24. The van der Waals surface area contributed by atoms with E-state index in [2.05, 4.69) is 10.6 Å². The van der Waals surface area contributed by atoms with Crippen molar-refractivity contribution in [2.75, 3.05) is 26.2 Å². The molecule has 1 aromatic carbocycles. The first kappa shape index (κ1) is 18.3. The lowest BCUT2D eigenvalue weighted by molar-refractivity contribution is -0.124. The molecule has 7 nitrogen and oxygen atoms in total. The zero-order valence-electron chi connectivity index (χ0n) is 14.3. The Kier molecular flexibility index (Phi) is 5.43. The van der Waals surface area contributed by atoms with Crippen molar-refractivity contribution in [2.45, 2.75) is 36.8 Å². The van der Waals surface area contributed by atoms with Crippen molar-refractivity contribution in [2.24, 2.45) is 5.92 Å². The zero-order chi connectivity index (χ0) is 18.0. The maximum atomic E-state index is 12.9. The van der Waals surface area contributed by atoms with Gasteiger partial charge in [0.1, 0.15) is 6.04 Å². The van der Waals surface area contributed by atoms with Gasteiger partial charge < -0.3 is 15.7 Å². The third-order valence-corrected chi connectivity index (χ3v) is 6.90. The summed E-state index contributed by atoms with van der Waals surface area (Å²) in [5, 5.41) is 15.7. The second-order valence-corrected chi connectivity index (χ2v) is 8.71. The number of aliphatic hydroxyl groups excluding tert-OH is 1. The molecule has 138 valence electrons. The Hall–Kier alpha value is -1.48. The van der Waals surface area contributed by atoms with Crippen LogP contribution < -0.4 is 10.6 Å². The van der Waals surface area contributed by atoms with Crippen LogP contribution in [0.4, 0.5) is 0 Å². The minimum atomic E-state index is -3.69. The van der Waals surface area contributed by atoms with Crippen molar-refractivity contribution in [3.63, 3.8) is 0 Å². The number of β-amino-alcohol motifs (C(OH)–C–C–N with tert-alkyl or cyclic N) is 1. The molecule has 3 N–H and O–H groups in total. The Labute approximate surface area is 148 Å². The monoisotopic (exact) mass is 367 g/mol. The number of hydrogen-bond acceptors (Lipinski definition) is 5. The predicted molar refractivity (Wildman–Crippen MR) is 93.5 cm³/mol. The molecule has 8 heteroatoms. The number of sulfonamides is 1. The Morgan fingerprint density at radius 2 is 2.04 bits per heavy atom. The van der Waals surface area contributed by atoms with E-state index >= 15 is 0 Å². The van der Waals surface area contributed by atoms with Gasteiger partial charge in [0.15, 0.2) is 0 Å². The van der Waals surface area contributed by atoms with Crippen LogP contribution in [0.15, 0.2) is 29.2 Å². The fourth-order valence-electron chi connectivity index (χ4n) is 3.41. The smallest absolute Gasteiger partial charge is 0.243 e. The van der Waals surface area contributed by atoms with E-state index in [0.29, 0.717) is 39.0 Å². The van der Waals surface area contributed by atoms with Gasteiger partial charge in [0.25, 0.3) is 0 Å². The molecular weight excluding hydrogens is 342 g/mol. The van der Waals surface area contributed by atoms with Crippen molar-refractivity contribution >= 4 is 15.9 Å². The van der Waals surface area contributed by atoms with Crippen LogP contribution >= 0.6 is 0 Å². The summed E-state index contributed by atoms with van der Waals surface area (Å²) in [5.41, 5.74) is 0.985. The van der Waals surface area contributed by atoms with E-state index in [1.54, 1.807) is 24.3 Å². The molecule has 0 aromatic heterocycles. The molecule has 2 aliphatic rings. The maximum Gasteiger partial charge on any atom is 0.243 e. The standard InChI is InChI=1S/C17H25N3O4S/c1-12-4-6-14(7-5-12)25(23,24)20-8-2-3-15(20)17(22)19-10-13-9-18-11-16(13)21/h4-7,13,15-16,18,21H,2-3,8-11H2,1H3,(H,19,22). The fraction of sp³-hybridized carbons (Fsp3) is 0.588. The van der Waals surface area contributed by atoms with Gasteiger partial charge in [0.05, 0.1) is 11.0 Å². The topological polar surface area (TPSA) is 98.7 Å². The summed E-state index contributed by atoms with van der Waals surface area (Å²) in [5.74, 6) is -0.320. The summed E-state index contributed by atoms with van der Waals surface area (Å²) in [6.45, 7) is 3.77. The second kappa shape index (κ2) is 7.41. The van der Waals surface area contributed by atoms with Crippen molar-refractivity contribution in [1.82, 2.24) is 14.9 Å². The zero-order valence-corrected chi connectivity index (χ0v) is 15.1. The number of benzene rings is 1. The summed E-state index contributed by atoms with van der Waals surface area (Å²) in [7, 11) is -3.69. The highest BCUT2D eigenvalue weighted by Crippen LogP contribution is 2.26. The lowest BCUT2D eigenvalue weighted by atomic mass is 10.1.